The van der Waals surface area contributed by atoms with Gasteiger partial charge in [-0.05, 0) is 48.4 Å². The lowest BCUT2D eigenvalue weighted by atomic mass is 10.0. The van der Waals surface area contributed by atoms with Crippen LogP contribution in [0.2, 0.25) is 0 Å². The van der Waals surface area contributed by atoms with E-state index in [1.54, 1.807) is 32.2 Å². The molecular formula is C22H24O7. The third-order valence-corrected chi connectivity index (χ3v) is 4.04. The molecule has 0 amide bonds. The molecule has 0 aliphatic heterocycles. The minimum Gasteiger partial charge on any atom is -0.497 e. The van der Waals surface area contributed by atoms with E-state index in [4.69, 9.17) is 18.9 Å². The molecule has 0 fully saturated rings. The highest BCUT2D eigenvalue weighted by atomic mass is 16.6. The van der Waals surface area contributed by atoms with Crippen LogP contribution in [-0.2, 0) is 32.1 Å². The quantitative estimate of drug-likeness (QED) is 0.447. The first-order valence-corrected chi connectivity index (χ1v) is 9.14. The number of esters is 2. The van der Waals surface area contributed by atoms with Gasteiger partial charge in [-0.25, -0.2) is 4.79 Å². The van der Waals surface area contributed by atoms with Crippen LogP contribution in [0.1, 0.15) is 35.3 Å². The summed E-state index contributed by atoms with van der Waals surface area (Å²) in [5.74, 6) is -0.0353. The zero-order valence-electron chi connectivity index (χ0n) is 16.7. The van der Waals surface area contributed by atoms with Gasteiger partial charge in [0.15, 0.2) is 0 Å². The Bertz CT molecular complexity index is 843. The van der Waals surface area contributed by atoms with Crippen LogP contribution >= 0.6 is 0 Å². The summed E-state index contributed by atoms with van der Waals surface area (Å²) >= 11 is 0. The fraction of sp³-hybridized carbons (Fsp3) is 0.318. The zero-order valence-corrected chi connectivity index (χ0v) is 16.7. The lowest BCUT2D eigenvalue weighted by Crippen LogP contribution is -2.30. The molecular weight excluding hydrogens is 376 g/mol. The van der Waals surface area contributed by atoms with Gasteiger partial charge in [0.2, 0.25) is 6.10 Å². The maximum atomic E-state index is 12.2. The molecule has 154 valence electrons. The van der Waals surface area contributed by atoms with Crippen LogP contribution < -0.4 is 9.47 Å². The number of hydrogen-bond donors (Lipinski definition) is 0. The molecule has 0 aromatic heterocycles. The molecule has 0 spiro atoms. The summed E-state index contributed by atoms with van der Waals surface area (Å²) in [6.07, 6.45) is -0.405. The van der Waals surface area contributed by atoms with Crippen LogP contribution in [0.3, 0.4) is 0 Å². The van der Waals surface area contributed by atoms with Crippen molar-refractivity contribution in [3.63, 3.8) is 0 Å². The Balaban J connectivity index is 2.22. The van der Waals surface area contributed by atoms with Gasteiger partial charge in [0.25, 0.3) is 0 Å². The molecule has 0 aliphatic carbocycles. The molecule has 2 rings (SSSR count). The summed E-state index contributed by atoms with van der Waals surface area (Å²) in [5, 5.41) is 0. The van der Waals surface area contributed by atoms with Gasteiger partial charge in [0.05, 0.1) is 13.7 Å². The summed E-state index contributed by atoms with van der Waals surface area (Å²) < 4.78 is 21.1. The normalized spacial score (nSPS) is 11.3. The Morgan fingerprint density at radius 3 is 2.41 bits per heavy atom. The Labute approximate surface area is 169 Å². The Hall–Kier alpha value is -3.35. The van der Waals surface area contributed by atoms with Crippen molar-refractivity contribution in [3.05, 3.63) is 59.2 Å². The van der Waals surface area contributed by atoms with Crippen molar-refractivity contribution in [2.75, 3.05) is 13.7 Å². The molecule has 0 aliphatic rings. The average molecular weight is 400 g/mol. The van der Waals surface area contributed by atoms with Crippen molar-refractivity contribution in [1.29, 1.82) is 0 Å². The topological polar surface area (TPSA) is 88.1 Å². The highest BCUT2D eigenvalue weighted by Crippen LogP contribution is 2.24. The fourth-order valence-corrected chi connectivity index (χ4v) is 2.66. The van der Waals surface area contributed by atoms with E-state index in [1.807, 2.05) is 24.3 Å². The number of rotatable bonds is 10. The largest absolute Gasteiger partial charge is 0.497 e. The second kappa shape index (κ2) is 10.8. The minimum absolute atomic E-state index is 0.0258. The van der Waals surface area contributed by atoms with E-state index < -0.39 is 18.0 Å². The molecule has 0 saturated carbocycles. The van der Waals surface area contributed by atoms with E-state index in [1.165, 1.54) is 6.92 Å². The van der Waals surface area contributed by atoms with Crippen LogP contribution in [0.5, 0.6) is 11.5 Å². The van der Waals surface area contributed by atoms with E-state index in [-0.39, 0.29) is 19.6 Å². The highest BCUT2D eigenvalue weighted by molar-refractivity contribution is 5.79. The molecule has 7 heteroatoms. The highest BCUT2D eigenvalue weighted by Gasteiger charge is 2.25. The number of methoxy groups -OCH3 is 1. The lowest BCUT2D eigenvalue weighted by molar-refractivity contribution is -0.166. The second-order valence-electron chi connectivity index (χ2n) is 6.18. The van der Waals surface area contributed by atoms with Crippen LogP contribution in [-0.4, -0.2) is 38.0 Å². The molecule has 0 bridgehead atoms. The van der Waals surface area contributed by atoms with Crippen molar-refractivity contribution >= 4 is 18.2 Å². The maximum Gasteiger partial charge on any atom is 0.347 e. The second-order valence-corrected chi connectivity index (χ2v) is 6.18. The van der Waals surface area contributed by atoms with Gasteiger partial charge >= 0.3 is 11.9 Å². The molecule has 1 atom stereocenters. The number of benzene rings is 2. The monoisotopic (exact) mass is 400 g/mol. The van der Waals surface area contributed by atoms with Crippen molar-refractivity contribution in [2.45, 2.75) is 33.0 Å². The molecule has 2 aromatic carbocycles. The third kappa shape index (κ3) is 6.64. The standard InChI is InChI=1S/C22H24O7/c1-4-27-22(25)21(29-15(2)24)12-18-11-17(13-23)7-10-20(18)28-14-16-5-8-19(26-3)9-6-16/h5-11,13,21H,4,12,14H2,1-3H3. The van der Waals surface area contributed by atoms with Crippen molar-refractivity contribution in [1.82, 2.24) is 0 Å². The molecule has 2 aromatic rings. The molecule has 7 nitrogen and oxygen atoms in total. The smallest absolute Gasteiger partial charge is 0.347 e. The van der Waals surface area contributed by atoms with Crippen LogP contribution in [0.15, 0.2) is 42.5 Å². The molecule has 0 heterocycles. The average Bonchev–Trinajstić information content (AvgIpc) is 2.72. The zero-order chi connectivity index (χ0) is 21.2. The minimum atomic E-state index is -1.13. The molecule has 1 unspecified atom stereocenters. The summed E-state index contributed by atoms with van der Waals surface area (Å²) in [6.45, 7) is 3.31. The van der Waals surface area contributed by atoms with Crippen molar-refractivity contribution in [2.24, 2.45) is 0 Å². The Morgan fingerprint density at radius 1 is 1.10 bits per heavy atom. The maximum absolute atomic E-state index is 12.2. The predicted octanol–water partition coefficient (Wildman–Crippen LogP) is 3.12. The van der Waals surface area contributed by atoms with Gasteiger partial charge in [-0.3, -0.25) is 9.59 Å². The van der Waals surface area contributed by atoms with E-state index in [2.05, 4.69) is 0 Å². The van der Waals surface area contributed by atoms with Crippen molar-refractivity contribution in [3.8, 4) is 11.5 Å². The van der Waals surface area contributed by atoms with Gasteiger partial charge in [-0.15, -0.1) is 0 Å². The molecule has 0 saturated heterocycles. The van der Waals surface area contributed by atoms with Gasteiger partial charge in [-0.1, -0.05) is 12.1 Å². The SMILES string of the molecule is CCOC(=O)C(Cc1cc(C=O)ccc1OCc1ccc(OC)cc1)OC(C)=O. The van der Waals surface area contributed by atoms with Gasteiger partial charge in [0.1, 0.15) is 24.4 Å². The van der Waals surface area contributed by atoms with Crippen LogP contribution in [0.25, 0.3) is 0 Å². The predicted molar refractivity (Wildman–Crippen MR) is 105 cm³/mol. The first-order valence-electron chi connectivity index (χ1n) is 9.14. The summed E-state index contributed by atoms with van der Waals surface area (Å²) in [7, 11) is 1.59. The van der Waals surface area contributed by atoms with Gasteiger partial charge < -0.3 is 18.9 Å². The van der Waals surface area contributed by atoms with Crippen molar-refractivity contribution < 1.29 is 33.3 Å². The molecule has 0 radical (unpaired) electrons. The Morgan fingerprint density at radius 2 is 1.83 bits per heavy atom. The fourth-order valence-electron chi connectivity index (χ4n) is 2.66. The van der Waals surface area contributed by atoms with E-state index in [0.717, 1.165) is 11.3 Å². The lowest BCUT2D eigenvalue weighted by Gasteiger charge is -2.18. The first-order chi connectivity index (χ1) is 14.0. The third-order valence-electron chi connectivity index (χ3n) is 4.04. The van der Waals surface area contributed by atoms with Gasteiger partial charge in [-0.2, -0.15) is 0 Å². The summed E-state index contributed by atoms with van der Waals surface area (Å²) in [4.78, 5) is 34.7. The van der Waals surface area contributed by atoms with Crippen LogP contribution in [0.4, 0.5) is 0 Å². The van der Waals surface area contributed by atoms with E-state index in [9.17, 15) is 14.4 Å². The number of carbonyl (C=O) groups excluding carboxylic acids is 3. The number of ether oxygens (including phenoxy) is 4. The van der Waals surface area contributed by atoms with Crippen LogP contribution in [0, 0.1) is 0 Å². The van der Waals surface area contributed by atoms with Gasteiger partial charge in [0, 0.05) is 18.9 Å². The van der Waals surface area contributed by atoms with E-state index >= 15 is 0 Å². The summed E-state index contributed by atoms with van der Waals surface area (Å²) in [5.41, 5.74) is 1.89. The first kappa shape index (κ1) is 21.9. The number of carbonyl (C=O) groups is 3. The Kier molecular flexibility index (Phi) is 8.21. The molecule has 0 N–H and O–H groups in total. The van der Waals surface area contributed by atoms with E-state index in [0.29, 0.717) is 23.2 Å². The molecule has 29 heavy (non-hydrogen) atoms. The number of aldehydes is 1. The summed E-state index contributed by atoms with van der Waals surface area (Å²) in [6, 6.07) is 12.3. The number of hydrogen-bond acceptors (Lipinski definition) is 7.